The molecule has 0 aliphatic rings. The van der Waals surface area contributed by atoms with E-state index < -0.39 is 0 Å². The summed E-state index contributed by atoms with van der Waals surface area (Å²) in [5.74, 6) is 0. The lowest BCUT2D eigenvalue weighted by Gasteiger charge is -1.90. The van der Waals surface area contributed by atoms with Crippen molar-refractivity contribution in [2.45, 2.75) is 0 Å². The first-order valence-electron chi connectivity index (χ1n) is 3.29. The van der Waals surface area contributed by atoms with Crippen LogP contribution in [0.2, 0.25) is 5.02 Å². The van der Waals surface area contributed by atoms with E-state index in [0.717, 1.165) is 5.56 Å². The van der Waals surface area contributed by atoms with Crippen LogP contribution >= 0.6 is 11.6 Å². The van der Waals surface area contributed by atoms with Crippen molar-refractivity contribution in [3.05, 3.63) is 51.5 Å². The van der Waals surface area contributed by atoms with Gasteiger partial charge < -0.3 is 0 Å². The Morgan fingerprint density at radius 3 is 2.58 bits per heavy atom. The SMILES string of the molecule is [N-]=[N+]=N/C=C/c1ccc(Cl)cc1. The number of hydrogen-bond donors (Lipinski definition) is 0. The van der Waals surface area contributed by atoms with Gasteiger partial charge >= 0.3 is 0 Å². The van der Waals surface area contributed by atoms with E-state index in [1.807, 2.05) is 12.1 Å². The summed E-state index contributed by atoms with van der Waals surface area (Å²) in [6.07, 6.45) is 3.10. The molecule has 0 bridgehead atoms. The van der Waals surface area contributed by atoms with Crippen LogP contribution in [-0.2, 0) is 0 Å². The van der Waals surface area contributed by atoms with Crippen LogP contribution in [0.4, 0.5) is 0 Å². The fourth-order valence-electron chi connectivity index (χ4n) is 0.723. The Morgan fingerprint density at radius 2 is 2.00 bits per heavy atom. The van der Waals surface area contributed by atoms with Crippen LogP contribution in [0.25, 0.3) is 16.5 Å². The molecule has 0 aliphatic heterocycles. The second-order valence-electron chi connectivity index (χ2n) is 2.07. The van der Waals surface area contributed by atoms with Crippen molar-refractivity contribution in [1.82, 2.24) is 0 Å². The molecule has 0 aromatic heterocycles. The van der Waals surface area contributed by atoms with Gasteiger partial charge in [-0.05, 0) is 23.2 Å². The van der Waals surface area contributed by atoms with Crippen LogP contribution in [0.3, 0.4) is 0 Å². The third-order valence-corrected chi connectivity index (χ3v) is 1.51. The van der Waals surface area contributed by atoms with E-state index in [4.69, 9.17) is 17.1 Å². The molecule has 3 nitrogen and oxygen atoms in total. The van der Waals surface area contributed by atoms with Gasteiger partial charge in [-0.2, -0.15) is 0 Å². The molecule has 12 heavy (non-hydrogen) atoms. The Hall–Kier alpha value is -1.44. The fraction of sp³-hybridized carbons (Fsp3) is 0. The van der Waals surface area contributed by atoms with Crippen molar-refractivity contribution in [3.63, 3.8) is 0 Å². The predicted octanol–water partition coefficient (Wildman–Crippen LogP) is 3.62. The van der Waals surface area contributed by atoms with Crippen LogP contribution in [0.5, 0.6) is 0 Å². The first-order chi connectivity index (χ1) is 5.83. The smallest absolute Gasteiger partial charge is 0.0406 e. The van der Waals surface area contributed by atoms with E-state index in [9.17, 15) is 0 Å². The summed E-state index contributed by atoms with van der Waals surface area (Å²) in [6.45, 7) is 0. The number of benzene rings is 1. The molecule has 0 atom stereocenters. The Labute approximate surface area is 74.9 Å². The van der Waals surface area contributed by atoms with Crippen LogP contribution in [-0.4, -0.2) is 0 Å². The summed E-state index contributed by atoms with van der Waals surface area (Å²) in [7, 11) is 0. The Bertz CT molecular complexity index is 323. The van der Waals surface area contributed by atoms with Gasteiger partial charge in [0.25, 0.3) is 0 Å². The highest BCUT2D eigenvalue weighted by Crippen LogP contribution is 2.10. The van der Waals surface area contributed by atoms with Gasteiger partial charge in [0, 0.05) is 16.1 Å². The van der Waals surface area contributed by atoms with Gasteiger partial charge in [0.2, 0.25) is 0 Å². The maximum absolute atomic E-state index is 7.97. The lowest BCUT2D eigenvalue weighted by Crippen LogP contribution is -1.68. The van der Waals surface area contributed by atoms with Gasteiger partial charge in [0.1, 0.15) is 0 Å². The van der Waals surface area contributed by atoms with Gasteiger partial charge in [-0.3, -0.25) is 0 Å². The molecule has 0 amide bonds. The molecular weight excluding hydrogens is 174 g/mol. The summed E-state index contributed by atoms with van der Waals surface area (Å²) in [6, 6.07) is 7.23. The summed E-state index contributed by atoms with van der Waals surface area (Å²) >= 11 is 5.67. The molecule has 0 fully saturated rings. The van der Waals surface area contributed by atoms with E-state index >= 15 is 0 Å². The van der Waals surface area contributed by atoms with E-state index in [-0.39, 0.29) is 0 Å². The minimum Gasteiger partial charge on any atom is -0.0843 e. The molecule has 0 spiro atoms. The number of halogens is 1. The summed E-state index contributed by atoms with van der Waals surface area (Å²) in [5, 5.41) is 3.95. The second-order valence-corrected chi connectivity index (χ2v) is 2.51. The molecule has 0 radical (unpaired) electrons. The van der Waals surface area contributed by atoms with Crippen molar-refractivity contribution < 1.29 is 0 Å². The molecule has 60 valence electrons. The molecule has 1 aromatic rings. The van der Waals surface area contributed by atoms with E-state index in [2.05, 4.69) is 10.0 Å². The lowest BCUT2D eigenvalue weighted by atomic mass is 10.2. The zero-order valence-electron chi connectivity index (χ0n) is 6.18. The van der Waals surface area contributed by atoms with Crippen molar-refractivity contribution in [2.75, 3.05) is 0 Å². The first-order valence-corrected chi connectivity index (χ1v) is 3.67. The molecule has 4 heteroatoms. The van der Waals surface area contributed by atoms with E-state index in [1.54, 1.807) is 18.2 Å². The zero-order valence-corrected chi connectivity index (χ0v) is 6.94. The Balaban J connectivity index is 2.77. The van der Waals surface area contributed by atoms with Crippen LogP contribution in [0.15, 0.2) is 35.6 Å². The largest absolute Gasteiger partial charge is 0.0843 e. The van der Waals surface area contributed by atoms with Crippen molar-refractivity contribution in [1.29, 1.82) is 0 Å². The topological polar surface area (TPSA) is 48.8 Å². The summed E-state index contributed by atoms with van der Waals surface area (Å²) < 4.78 is 0. The maximum atomic E-state index is 7.97. The summed E-state index contributed by atoms with van der Waals surface area (Å²) in [5.41, 5.74) is 8.93. The highest BCUT2D eigenvalue weighted by molar-refractivity contribution is 6.30. The van der Waals surface area contributed by atoms with Gasteiger partial charge in [0.05, 0.1) is 0 Å². The summed E-state index contributed by atoms with van der Waals surface area (Å²) in [4.78, 5) is 2.58. The third-order valence-electron chi connectivity index (χ3n) is 1.26. The molecule has 0 aliphatic carbocycles. The highest BCUT2D eigenvalue weighted by atomic mass is 35.5. The molecule has 0 N–H and O–H groups in total. The normalized spacial score (nSPS) is 9.75. The minimum absolute atomic E-state index is 0.691. The molecule has 0 unspecified atom stereocenters. The molecule has 1 rings (SSSR count). The average Bonchev–Trinajstić information content (AvgIpc) is 2.09. The van der Waals surface area contributed by atoms with Crippen molar-refractivity contribution >= 4 is 17.7 Å². The highest BCUT2D eigenvalue weighted by Gasteiger charge is 1.85. The number of azide groups is 1. The van der Waals surface area contributed by atoms with Crippen molar-refractivity contribution in [2.24, 2.45) is 5.11 Å². The van der Waals surface area contributed by atoms with Crippen LogP contribution < -0.4 is 0 Å². The van der Waals surface area contributed by atoms with Gasteiger partial charge in [-0.15, -0.1) is 0 Å². The van der Waals surface area contributed by atoms with Crippen LogP contribution in [0, 0.1) is 0 Å². The van der Waals surface area contributed by atoms with E-state index in [1.165, 1.54) is 6.20 Å². The average molecular weight is 180 g/mol. The Morgan fingerprint density at radius 1 is 1.33 bits per heavy atom. The monoisotopic (exact) mass is 179 g/mol. The standard InChI is InChI=1S/C8H6ClN3/c9-8-3-1-7(2-4-8)5-6-11-12-10/h1-6H/b6-5+. The Kier molecular flexibility index (Phi) is 3.20. The van der Waals surface area contributed by atoms with Crippen LogP contribution in [0.1, 0.15) is 5.56 Å². The first kappa shape index (κ1) is 8.65. The maximum Gasteiger partial charge on any atom is 0.0406 e. The number of rotatable bonds is 2. The number of nitrogens with zero attached hydrogens (tertiary/aromatic N) is 3. The number of hydrogen-bond acceptors (Lipinski definition) is 1. The zero-order chi connectivity index (χ0) is 8.81. The fourth-order valence-corrected chi connectivity index (χ4v) is 0.849. The van der Waals surface area contributed by atoms with Gasteiger partial charge in [-0.1, -0.05) is 34.9 Å². The molecular formula is C8H6ClN3. The lowest BCUT2D eigenvalue weighted by molar-refractivity contribution is 1.52. The minimum atomic E-state index is 0.691. The molecule has 0 heterocycles. The van der Waals surface area contributed by atoms with Gasteiger partial charge in [0.15, 0.2) is 0 Å². The van der Waals surface area contributed by atoms with E-state index in [0.29, 0.717) is 5.02 Å². The third kappa shape index (κ3) is 2.66. The molecule has 0 saturated heterocycles. The second kappa shape index (κ2) is 4.44. The molecule has 1 aromatic carbocycles. The van der Waals surface area contributed by atoms with Gasteiger partial charge in [-0.25, -0.2) is 0 Å². The molecule has 0 saturated carbocycles. The van der Waals surface area contributed by atoms with Crippen molar-refractivity contribution in [3.8, 4) is 0 Å². The quantitative estimate of drug-likeness (QED) is 0.378. The predicted molar refractivity (Wildman–Crippen MR) is 49.6 cm³/mol.